The fourth-order valence-corrected chi connectivity index (χ4v) is 2.10. The van der Waals surface area contributed by atoms with E-state index in [1.54, 1.807) is 23.1 Å². The Bertz CT molecular complexity index is 803. The van der Waals surface area contributed by atoms with Crippen molar-refractivity contribution >= 4 is 5.91 Å². The number of aromatic nitrogens is 2. The van der Waals surface area contributed by atoms with E-state index in [0.717, 1.165) is 11.3 Å². The molecule has 0 N–H and O–H groups in total. The highest BCUT2D eigenvalue weighted by Gasteiger charge is 2.00. The van der Waals surface area contributed by atoms with E-state index in [4.69, 9.17) is 0 Å². The van der Waals surface area contributed by atoms with Crippen LogP contribution < -0.4 is 5.36 Å². The normalized spacial score (nSPS) is 11.4. The first-order valence-electron chi connectivity index (χ1n) is 7.03. The van der Waals surface area contributed by atoms with Gasteiger partial charge in [-0.1, -0.05) is 48.5 Å². The maximum absolute atomic E-state index is 11.9. The number of hydrogen-bond donors (Lipinski definition) is 0. The van der Waals surface area contributed by atoms with Crippen LogP contribution in [0.15, 0.2) is 84.1 Å². The van der Waals surface area contributed by atoms with Crippen molar-refractivity contribution in [3.8, 4) is 5.69 Å². The third-order valence-corrected chi connectivity index (χ3v) is 3.17. The minimum atomic E-state index is -0.175. The van der Waals surface area contributed by atoms with Gasteiger partial charge in [-0.2, -0.15) is 5.10 Å². The van der Waals surface area contributed by atoms with Crippen LogP contribution in [0.5, 0.6) is 0 Å². The van der Waals surface area contributed by atoms with Crippen LogP contribution in [0.3, 0.4) is 0 Å². The molecule has 108 valence electrons. The van der Waals surface area contributed by atoms with Crippen molar-refractivity contribution in [3.05, 3.63) is 90.0 Å². The number of benzene rings is 2. The number of para-hydroxylation sites is 1. The van der Waals surface area contributed by atoms with Gasteiger partial charge in [0.05, 0.1) is 23.7 Å². The van der Waals surface area contributed by atoms with E-state index < -0.39 is 0 Å². The highest BCUT2D eigenvalue weighted by atomic mass is 16.1. The molecule has 2 aromatic carbocycles. The Balaban J connectivity index is 1.76. The Morgan fingerprint density at radius 2 is 1.64 bits per heavy atom. The Hall–Kier alpha value is -3.01. The van der Waals surface area contributed by atoms with Crippen LogP contribution in [0.1, 0.15) is 5.56 Å². The summed E-state index contributed by atoms with van der Waals surface area (Å²) < 4.78 is 1.74. The first-order valence-corrected chi connectivity index (χ1v) is 7.03. The van der Waals surface area contributed by atoms with E-state index in [1.807, 2.05) is 60.7 Å². The summed E-state index contributed by atoms with van der Waals surface area (Å²) in [6, 6.07) is 21.1. The van der Waals surface area contributed by atoms with Crippen LogP contribution in [-0.2, 0) is 11.2 Å². The molecule has 22 heavy (non-hydrogen) atoms. The number of nitrogens with zero attached hydrogens (tertiary/aromatic N) is 3. The molecule has 0 radical (unpaired) electrons. The Morgan fingerprint density at radius 3 is 2.27 bits per heavy atom. The van der Waals surface area contributed by atoms with Crippen LogP contribution in [-0.4, -0.2) is 15.7 Å². The summed E-state index contributed by atoms with van der Waals surface area (Å²) in [5.41, 5.74) is 1.92. The van der Waals surface area contributed by atoms with Gasteiger partial charge in [0.2, 0.25) is 0 Å². The zero-order valence-electron chi connectivity index (χ0n) is 12.0. The third-order valence-electron chi connectivity index (χ3n) is 3.17. The van der Waals surface area contributed by atoms with Crippen molar-refractivity contribution in [3.63, 3.8) is 0 Å². The largest absolute Gasteiger partial charge is 0.272 e. The van der Waals surface area contributed by atoms with Gasteiger partial charge < -0.3 is 0 Å². The molecule has 0 atom stereocenters. The van der Waals surface area contributed by atoms with E-state index in [0.29, 0.717) is 11.8 Å². The molecule has 0 bridgehead atoms. The van der Waals surface area contributed by atoms with Crippen molar-refractivity contribution in [2.24, 2.45) is 4.99 Å². The quantitative estimate of drug-likeness (QED) is 0.744. The fourth-order valence-electron chi connectivity index (χ4n) is 2.10. The monoisotopic (exact) mass is 289 g/mol. The van der Waals surface area contributed by atoms with Gasteiger partial charge in [-0.05, 0) is 23.8 Å². The molecule has 1 heterocycles. The number of hydrogen-bond acceptors (Lipinski definition) is 2. The van der Waals surface area contributed by atoms with Crippen molar-refractivity contribution < 1.29 is 4.79 Å². The summed E-state index contributed by atoms with van der Waals surface area (Å²) in [7, 11) is 0. The third kappa shape index (κ3) is 3.55. The molecule has 0 fully saturated rings. The summed E-state index contributed by atoms with van der Waals surface area (Å²) in [6.45, 7) is 0. The van der Waals surface area contributed by atoms with Crippen LogP contribution in [0.2, 0.25) is 0 Å². The summed E-state index contributed by atoms with van der Waals surface area (Å²) in [6.07, 6.45) is 3.69. The minimum absolute atomic E-state index is 0.175. The van der Waals surface area contributed by atoms with Gasteiger partial charge in [0.1, 0.15) is 0 Å². The maximum atomic E-state index is 11.9. The topological polar surface area (TPSA) is 47.2 Å². The van der Waals surface area contributed by atoms with Crippen LogP contribution in [0.4, 0.5) is 0 Å². The van der Waals surface area contributed by atoms with Gasteiger partial charge in [-0.15, -0.1) is 0 Å². The highest BCUT2D eigenvalue weighted by Crippen LogP contribution is 2.03. The second-order valence-corrected chi connectivity index (χ2v) is 4.83. The molecule has 1 amide bonds. The lowest BCUT2D eigenvalue weighted by molar-refractivity contribution is -0.117. The Morgan fingerprint density at radius 1 is 0.955 bits per heavy atom. The van der Waals surface area contributed by atoms with Gasteiger partial charge in [0.25, 0.3) is 5.91 Å². The van der Waals surface area contributed by atoms with E-state index >= 15 is 0 Å². The molecule has 4 nitrogen and oxygen atoms in total. The molecule has 3 aromatic rings. The van der Waals surface area contributed by atoms with Gasteiger partial charge in [0, 0.05) is 6.20 Å². The second-order valence-electron chi connectivity index (χ2n) is 4.83. The molecule has 3 rings (SSSR count). The minimum Gasteiger partial charge on any atom is -0.272 e. The zero-order chi connectivity index (χ0) is 15.2. The molecular weight excluding hydrogens is 274 g/mol. The zero-order valence-corrected chi connectivity index (χ0v) is 12.0. The first-order chi connectivity index (χ1) is 10.8. The molecule has 0 aliphatic carbocycles. The summed E-state index contributed by atoms with van der Waals surface area (Å²) in [5.74, 6) is -0.175. The van der Waals surface area contributed by atoms with Gasteiger partial charge in [-0.25, -0.2) is 9.67 Å². The Labute approximate surface area is 128 Å². The maximum Gasteiger partial charge on any atom is 0.250 e. The molecule has 0 aliphatic heterocycles. The number of carbonyl (C=O) groups is 1. The SMILES string of the molecule is O=C(Cc1ccccc1)/N=c1/ccn(-c2ccccc2)nc1. The summed E-state index contributed by atoms with van der Waals surface area (Å²) >= 11 is 0. The summed E-state index contributed by atoms with van der Waals surface area (Å²) in [4.78, 5) is 16.0. The number of amides is 1. The van der Waals surface area contributed by atoms with E-state index in [-0.39, 0.29) is 5.91 Å². The molecule has 4 heteroatoms. The molecular formula is C18H15N3O. The van der Waals surface area contributed by atoms with Gasteiger partial charge in [-0.3, -0.25) is 4.79 Å². The van der Waals surface area contributed by atoms with Crippen molar-refractivity contribution in [1.82, 2.24) is 9.78 Å². The summed E-state index contributed by atoms with van der Waals surface area (Å²) in [5, 5.41) is 4.84. The highest BCUT2D eigenvalue weighted by molar-refractivity contribution is 5.79. The lowest BCUT2D eigenvalue weighted by Crippen LogP contribution is -2.12. The molecule has 0 aliphatic rings. The van der Waals surface area contributed by atoms with E-state index in [2.05, 4.69) is 10.1 Å². The molecule has 0 saturated carbocycles. The number of rotatable bonds is 3. The lowest BCUT2D eigenvalue weighted by Gasteiger charge is -2.03. The smallest absolute Gasteiger partial charge is 0.250 e. The second kappa shape index (κ2) is 6.63. The van der Waals surface area contributed by atoms with Crippen LogP contribution in [0.25, 0.3) is 5.69 Å². The fraction of sp³-hybridized carbons (Fsp3) is 0.0556. The Kier molecular flexibility index (Phi) is 4.20. The van der Waals surface area contributed by atoms with Crippen LogP contribution in [0, 0.1) is 0 Å². The molecule has 1 aromatic heterocycles. The average Bonchev–Trinajstić information content (AvgIpc) is 2.57. The standard InChI is InChI=1S/C18H15N3O/c22-18(13-15-7-3-1-4-8-15)20-16-11-12-21(19-14-16)17-9-5-2-6-10-17/h1-12,14H,13H2/b20-16-. The molecule has 0 saturated heterocycles. The van der Waals surface area contributed by atoms with Crippen molar-refractivity contribution in [2.45, 2.75) is 6.42 Å². The van der Waals surface area contributed by atoms with Crippen molar-refractivity contribution in [1.29, 1.82) is 0 Å². The van der Waals surface area contributed by atoms with E-state index in [9.17, 15) is 4.79 Å². The first kappa shape index (κ1) is 13.9. The lowest BCUT2D eigenvalue weighted by atomic mass is 10.1. The molecule has 0 unspecified atom stereocenters. The van der Waals surface area contributed by atoms with Gasteiger partial charge in [0.15, 0.2) is 0 Å². The van der Waals surface area contributed by atoms with Gasteiger partial charge >= 0.3 is 0 Å². The van der Waals surface area contributed by atoms with Crippen molar-refractivity contribution in [2.75, 3.05) is 0 Å². The van der Waals surface area contributed by atoms with E-state index in [1.165, 1.54) is 0 Å². The molecule has 0 spiro atoms. The average molecular weight is 289 g/mol. The van der Waals surface area contributed by atoms with Crippen LogP contribution >= 0.6 is 0 Å². The predicted octanol–water partition coefficient (Wildman–Crippen LogP) is 2.54. The number of carbonyl (C=O) groups excluding carboxylic acids is 1. The predicted molar refractivity (Wildman–Crippen MR) is 84.3 cm³/mol.